The second-order valence-corrected chi connectivity index (χ2v) is 5.28. The van der Waals surface area contributed by atoms with E-state index in [4.69, 9.17) is 0 Å². The van der Waals surface area contributed by atoms with E-state index in [-0.39, 0.29) is 23.6 Å². The van der Waals surface area contributed by atoms with Crippen molar-refractivity contribution >= 4 is 22.4 Å². The zero-order valence-electron chi connectivity index (χ0n) is 9.17. The summed E-state index contributed by atoms with van der Waals surface area (Å²) in [6, 6.07) is 1.57. The van der Waals surface area contributed by atoms with Crippen LogP contribution in [-0.4, -0.2) is 37.5 Å². The SMILES string of the molecule is Cl.O=S(=O)(NC1CCNCC1)c1ncccn1. The summed E-state index contributed by atoms with van der Waals surface area (Å²) < 4.78 is 26.3. The summed E-state index contributed by atoms with van der Waals surface area (Å²) in [7, 11) is -3.56. The summed E-state index contributed by atoms with van der Waals surface area (Å²) in [5.74, 6) is 0. The molecule has 2 heterocycles. The van der Waals surface area contributed by atoms with Crippen molar-refractivity contribution < 1.29 is 8.42 Å². The lowest BCUT2D eigenvalue weighted by Crippen LogP contribution is -2.43. The number of hydrogen-bond acceptors (Lipinski definition) is 5. The largest absolute Gasteiger partial charge is 0.317 e. The number of hydrogen-bond donors (Lipinski definition) is 2. The minimum Gasteiger partial charge on any atom is -0.317 e. The molecule has 17 heavy (non-hydrogen) atoms. The van der Waals surface area contributed by atoms with E-state index in [0.717, 1.165) is 25.9 Å². The average molecular weight is 279 g/mol. The molecule has 1 aromatic heterocycles. The highest BCUT2D eigenvalue weighted by molar-refractivity contribution is 7.89. The third kappa shape index (κ3) is 3.88. The van der Waals surface area contributed by atoms with Crippen LogP contribution in [0.5, 0.6) is 0 Å². The molecule has 0 atom stereocenters. The smallest absolute Gasteiger partial charge is 0.276 e. The van der Waals surface area contributed by atoms with Gasteiger partial charge in [0.05, 0.1) is 0 Å². The molecule has 1 aromatic rings. The molecule has 0 spiro atoms. The van der Waals surface area contributed by atoms with Crippen molar-refractivity contribution in [2.45, 2.75) is 24.0 Å². The molecule has 2 N–H and O–H groups in total. The maximum atomic E-state index is 11.8. The highest BCUT2D eigenvalue weighted by Crippen LogP contribution is 2.07. The standard InChI is InChI=1S/C9H14N4O2S.ClH/c14-16(15,9-11-4-1-5-12-9)13-8-2-6-10-7-3-8;/h1,4-5,8,10,13H,2-3,6-7H2;1H. The minimum absolute atomic E-state index is 0. The predicted molar refractivity (Wildman–Crippen MR) is 65.5 cm³/mol. The summed E-state index contributed by atoms with van der Waals surface area (Å²) in [4.78, 5) is 7.48. The zero-order valence-corrected chi connectivity index (χ0v) is 10.8. The Morgan fingerprint density at radius 1 is 1.24 bits per heavy atom. The molecule has 1 aliphatic rings. The van der Waals surface area contributed by atoms with Crippen LogP contribution in [0.4, 0.5) is 0 Å². The summed E-state index contributed by atoms with van der Waals surface area (Å²) >= 11 is 0. The van der Waals surface area contributed by atoms with Gasteiger partial charge in [-0.3, -0.25) is 0 Å². The molecule has 0 saturated carbocycles. The fourth-order valence-electron chi connectivity index (χ4n) is 1.64. The average Bonchev–Trinajstić information content (AvgIpc) is 2.31. The second kappa shape index (κ2) is 6.25. The second-order valence-electron chi connectivity index (χ2n) is 3.68. The number of rotatable bonds is 3. The van der Waals surface area contributed by atoms with Gasteiger partial charge in [-0.05, 0) is 32.0 Å². The molecular formula is C9H15ClN4O2S. The van der Waals surface area contributed by atoms with Crippen molar-refractivity contribution in [3.05, 3.63) is 18.5 Å². The van der Waals surface area contributed by atoms with Gasteiger partial charge in [-0.25, -0.2) is 23.1 Å². The van der Waals surface area contributed by atoms with Gasteiger partial charge in [-0.1, -0.05) is 0 Å². The van der Waals surface area contributed by atoms with Crippen molar-refractivity contribution in [2.24, 2.45) is 0 Å². The van der Waals surface area contributed by atoms with Crippen LogP contribution in [-0.2, 0) is 10.0 Å². The molecule has 1 aliphatic heterocycles. The Balaban J connectivity index is 0.00000144. The molecule has 0 radical (unpaired) electrons. The molecule has 0 aromatic carbocycles. The van der Waals surface area contributed by atoms with Crippen molar-refractivity contribution in [3.63, 3.8) is 0 Å². The van der Waals surface area contributed by atoms with Crippen LogP contribution in [0, 0.1) is 0 Å². The van der Waals surface area contributed by atoms with Crippen LogP contribution in [0.25, 0.3) is 0 Å². The first-order valence-corrected chi connectivity index (χ1v) is 6.67. The lowest BCUT2D eigenvalue weighted by molar-refractivity contribution is 0.425. The number of nitrogens with zero attached hydrogens (tertiary/aromatic N) is 2. The summed E-state index contributed by atoms with van der Waals surface area (Å²) in [6.07, 6.45) is 4.44. The third-order valence-electron chi connectivity index (χ3n) is 2.44. The van der Waals surface area contributed by atoms with Crippen LogP contribution in [0.2, 0.25) is 0 Å². The predicted octanol–water partition coefficient (Wildman–Crippen LogP) is -0.0713. The van der Waals surface area contributed by atoms with Gasteiger partial charge >= 0.3 is 0 Å². The molecule has 8 heteroatoms. The highest BCUT2D eigenvalue weighted by Gasteiger charge is 2.23. The fourth-order valence-corrected chi connectivity index (χ4v) is 2.82. The number of halogens is 1. The molecule has 6 nitrogen and oxygen atoms in total. The molecule has 96 valence electrons. The minimum atomic E-state index is -3.56. The molecule has 0 unspecified atom stereocenters. The first-order chi connectivity index (χ1) is 7.68. The van der Waals surface area contributed by atoms with Crippen molar-refractivity contribution in [2.75, 3.05) is 13.1 Å². The van der Waals surface area contributed by atoms with Gasteiger partial charge in [0.25, 0.3) is 15.2 Å². The molecule has 1 saturated heterocycles. The molecule has 0 bridgehead atoms. The fraction of sp³-hybridized carbons (Fsp3) is 0.556. The topological polar surface area (TPSA) is 84.0 Å². The van der Waals surface area contributed by atoms with Crippen LogP contribution in [0.3, 0.4) is 0 Å². The van der Waals surface area contributed by atoms with E-state index in [2.05, 4.69) is 20.0 Å². The number of nitrogens with one attached hydrogen (secondary N) is 2. The Hall–Kier alpha value is -0.760. The van der Waals surface area contributed by atoms with Crippen LogP contribution < -0.4 is 10.0 Å². The van der Waals surface area contributed by atoms with Crippen molar-refractivity contribution in [3.8, 4) is 0 Å². The number of piperidine rings is 1. The Morgan fingerprint density at radius 3 is 2.41 bits per heavy atom. The zero-order chi connectivity index (χ0) is 11.4. The van der Waals surface area contributed by atoms with Gasteiger partial charge < -0.3 is 5.32 Å². The van der Waals surface area contributed by atoms with E-state index < -0.39 is 10.0 Å². The van der Waals surface area contributed by atoms with Crippen molar-refractivity contribution in [1.29, 1.82) is 0 Å². The van der Waals surface area contributed by atoms with Gasteiger partial charge in [0.2, 0.25) is 0 Å². The Morgan fingerprint density at radius 2 is 1.82 bits per heavy atom. The van der Waals surface area contributed by atoms with Gasteiger partial charge in [-0.15, -0.1) is 12.4 Å². The Labute approximate surface area is 107 Å². The molecule has 1 fully saturated rings. The van der Waals surface area contributed by atoms with E-state index in [1.54, 1.807) is 6.07 Å². The number of aromatic nitrogens is 2. The summed E-state index contributed by atoms with van der Waals surface area (Å²) in [5.41, 5.74) is 0. The van der Waals surface area contributed by atoms with Gasteiger partial charge in [-0.2, -0.15) is 0 Å². The first-order valence-electron chi connectivity index (χ1n) is 5.18. The quantitative estimate of drug-likeness (QED) is 0.756. The van der Waals surface area contributed by atoms with E-state index in [1.165, 1.54) is 12.4 Å². The van der Waals surface area contributed by atoms with E-state index in [9.17, 15) is 8.42 Å². The summed E-state index contributed by atoms with van der Waals surface area (Å²) in [6.45, 7) is 1.67. The number of sulfonamides is 1. The van der Waals surface area contributed by atoms with Crippen LogP contribution in [0.15, 0.2) is 23.6 Å². The Bertz CT molecular complexity index is 434. The molecule has 0 amide bonds. The van der Waals surface area contributed by atoms with Crippen molar-refractivity contribution in [1.82, 2.24) is 20.0 Å². The van der Waals surface area contributed by atoms with Crippen LogP contribution >= 0.6 is 12.4 Å². The molecule has 2 rings (SSSR count). The summed E-state index contributed by atoms with van der Waals surface area (Å²) in [5, 5.41) is 3.02. The third-order valence-corrected chi connectivity index (χ3v) is 3.78. The van der Waals surface area contributed by atoms with Gasteiger partial charge in [0.1, 0.15) is 0 Å². The van der Waals surface area contributed by atoms with E-state index in [0.29, 0.717) is 0 Å². The Kier molecular flexibility index (Phi) is 5.26. The molecular weight excluding hydrogens is 264 g/mol. The van der Waals surface area contributed by atoms with E-state index >= 15 is 0 Å². The maximum absolute atomic E-state index is 11.8. The lowest BCUT2D eigenvalue weighted by Gasteiger charge is -2.22. The van der Waals surface area contributed by atoms with E-state index in [1.807, 2.05) is 0 Å². The first kappa shape index (κ1) is 14.3. The van der Waals surface area contributed by atoms with Gasteiger partial charge in [0, 0.05) is 18.4 Å². The normalized spacial score (nSPS) is 17.4. The molecule has 0 aliphatic carbocycles. The van der Waals surface area contributed by atoms with Crippen LogP contribution in [0.1, 0.15) is 12.8 Å². The lowest BCUT2D eigenvalue weighted by atomic mass is 10.1. The maximum Gasteiger partial charge on any atom is 0.276 e. The van der Waals surface area contributed by atoms with Gasteiger partial charge in [0.15, 0.2) is 0 Å². The highest BCUT2D eigenvalue weighted by atomic mass is 35.5. The monoisotopic (exact) mass is 278 g/mol.